The second-order valence-electron chi connectivity index (χ2n) is 38.1. The van der Waals surface area contributed by atoms with E-state index in [4.69, 9.17) is 43.1 Å². The van der Waals surface area contributed by atoms with Crippen molar-refractivity contribution in [3.8, 4) is 39.7 Å². The fourth-order valence-corrected chi connectivity index (χ4v) is 22.9. The van der Waals surface area contributed by atoms with E-state index in [9.17, 15) is 4.79 Å². The molecular formula is C97H114N16O7. The average Bonchev–Trinajstić information content (AvgIpc) is 1.23. The van der Waals surface area contributed by atoms with Gasteiger partial charge in [0.05, 0.1) is 72.8 Å². The van der Waals surface area contributed by atoms with E-state index in [1.165, 1.54) is 12.8 Å². The fourth-order valence-electron chi connectivity index (χ4n) is 22.9. The number of rotatable bonds is 25. The highest BCUT2D eigenvalue weighted by Gasteiger charge is 2.52. The minimum absolute atomic E-state index is 0.0411. The van der Waals surface area contributed by atoms with Crippen molar-refractivity contribution < 1.29 is 18.0 Å². The van der Waals surface area contributed by atoms with Crippen molar-refractivity contribution >= 4 is 38.7 Å². The van der Waals surface area contributed by atoms with Crippen LogP contribution in [0.1, 0.15) is 217 Å². The Labute approximate surface area is 701 Å². The van der Waals surface area contributed by atoms with Crippen molar-refractivity contribution in [2.75, 3.05) is 57.7 Å². The van der Waals surface area contributed by atoms with Gasteiger partial charge in [-0.05, 0) is 290 Å². The van der Waals surface area contributed by atoms with Crippen LogP contribution in [0.15, 0.2) is 138 Å². The standard InChI is InChI=1S/C97H114N16O7/c1-12-98-84-37-71(96(41-59(4)42-96)93-106-100-55-109(93)10)35-82(103-84)78-52-119-90-62(7)26-67(30-75(90)87(78)115)49-112-22-14-18-64(46-112)20-16-24-117-85-38-72(97(43-60(5)44-97)94-107-101-56-110(94)11)36-83(104-85)79-53-120-91-63(8)27-68(31-76(91)88(79)116)50-113-23-15-19-65(47-113)28-69-32-73(69)80-33-70(95(39-58(3)40-95)92-105-99-54-108(92)9)34-81(102-80)77-51-118-89-61(6)25-66(29-74(89)86(77)114)48-111-21-13-17-57(2)45-111/h25-27,29-31,33-38,51-60,64-65,69,73H,12-24,28,32,39-50H2,1-11H3,(H,98,103)/t57-,58?,59?,60?,64+,65+,69?,73?,95?,96?,97?/m0/s1. The lowest BCUT2D eigenvalue weighted by Gasteiger charge is -2.46. The van der Waals surface area contributed by atoms with Crippen LogP contribution in [-0.4, -0.2) is 126 Å². The lowest BCUT2D eigenvalue weighted by molar-refractivity contribution is 0.154. The van der Waals surface area contributed by atoms with Crippen molar-refractivity contribution in [2.45, 2.75) is 200 Å². The lowest BCUT2D eigenvalue weighted by atomic mass is 9.58. The molecule has 624 valence electrons. The summed E-state index contributed by atoms with van der Waals surface area (Å²) in [7, 11) is 6.04. The van der Waals surface area contributed by atoms with E-state index in [2.05, 4.69) is 153 Å². The number of likely N-dealkylation sites (tertiary alicyclic amines) is 3. The Morgan fingerprint density at radius 2 is 0.908 bits per heavy atom. The molecule has 1 N–H and O–H groups in total. The molecule has 3 saturated heterocycles. The van der Waals surface area contributed by atoms with E-state index >= 15 is 9.59 Å². The van der Waals surface area contributed by atoms with E-state index in [1.807, 2.05) is 50.2 Å². The minimum Gasteiger partial charge on any atom is -0.478 e. The Kier molecular flexibility index (Phi) is 21.1. The van der Waals surface area contributed by atoms with Gasteiger partial charge < -0.3 is 37.0 Å². The van der Waals surface area contributed by atoms with Crippen LogP contribution in [0.3, 0.4) is 0 Å². The molecule has 5 atom stereocenters. The Balaban J connectivity index is 0.540. The first-order valence-corrected chi connectivity index (χ1v) is 44.4. The van der Waals surface area contributed by atoms with Gasteiger partial charge in [0.2, 0.25) is 22.2 Å². The number of ether oxygens (including phenoxy) is 1. The van der Waals surface area contributed by atoms with E-state index < -0.39 is 5.41 Å². The highest BCUT2D eigenvalue weighted by Crippen LogP contribution is 2.57. The second kappa shape index (κ2) is 31.9. The number of pyridine rings is 3. The van der Waals surface area contributed by atoms with Crippen LogP contribution in [0, 0.1) is 62.2 Å². The third kappa shape index (κ3) is 14.9. The third-order valence-electron chi connectivity index (χ3n) is 28.4. The zero-order valence-corrected chi connectivity index (χ0v) is 71.7. The number of nitrogens with zero attached hydrogens (tertiary/aromatic N) is 15. The summed E-state index contributed by atoms with van der Waals surface area (Å²) in [6, 6.07) is 25.5. The van der Waals surface area contributed by atoms with Gasteiger partial charge in [-0.3, -0.25) is 34.1 Å². The zero-order valence-electron chi connectivity index (χ0n) is 71.7. The van der Waals surface area contributed by atoms with Crippen LogP contribution < -0.4 is 26.3 Å². The molecule has 4 saturated carbocycles. The second-order valence-corrected chi connectivity index (χ2v) is 38.1. The molecular weight excluding hydrogens is 1500 g/mol. The predicted octanol–water partition coefficient (Wildman–Crippen LogP) is 16.8. The van der Waals surface area contributed by atoms with Gasteiger partial charge in [-0.2, -0.15) is 0 Å². The maximum Gasteiger partial charge on any atom is 0.214 e. The number of fused-ring (bicyclic) bond motifs is 3. The number of hydrogen-bond acceptors (Lipinski definition) is 20. The van der Waals surface area contributed by atoms with Crippen molar-refractivity contribution in [1.29, 1.82) is 0 Å². The summed E-state index contributed by atoms with van der Waals surface area (Å²) in [5, 5.41) is 32.3. The quantitative estimate of drug-likeness (QED) is 0.0522. The first-order valence-electron chi connectivity index (χ1n) is 44.4. The zero-order chi connectivity index (χ0) is 82.6. The molecule has 9 aromatic heterocycles. The SMILES string of the molecule is CCNc1cc(C2(c3nncn3C)CC(C)C2)cc(-c2coc3c(C)cc(CN4CCC[C@H](CCCOc5cc(C6(c7nncn7C)CC(C)C6)cc(-c6coc7c(C)cc(CN8CCC[C@H](CC9CC9c9cc(C%10(c%11nncn%11C)CC(C)C%10)cc(-c%10coc%11c(C)cc(CN%12CCC[C@H](C)C%12)cc%11c%10=O)n9)C8)cc7c6=O)n5)C4)cc3c2=O)n1. The van der Waals surface area contributed by atoms with Gasteiger partial charge in [-0.25, -0.2) is 9.97 Å². The van der Waals surface area contributed by atoms with E-state index in [0.717, 1.165) is 209 Å². The Hall–Kier alpha value is -10.4. The van der Waals surface area contributed by atoms with Crippen molar-refractivity contribution in [3.63, 3.8) is 0 Å². The molecule has 19 rings (SSSR count). The number of hydrogen-bond donors (Lipinski definition) is 1. The van der Waals surface area contributed by atoms with Crippen LogP contribution in [0.2, 0.25) is 0 Å². The number of aryl methyl sites for hydroxylation is 6. The number of piperidine rings is 3. The summed E-state index contributed by atoms with van der Waals surface area (Å²) in [4.78, 5) is 68.6. The molecule has 7 fully saturated rings. The number of nitrogens with one attached hydrogen (secondary N) is 1. The molecule has 3 aromatic carbocycles. The largest absolute Gasteiger partial charge is 0.478 e. The summed E-state index contributed by atoms with van der Waals surface area (Å²) in [5.41, 5.74) is 13.8. The Morgan fingerprint density at radius 1 is 0.483 bits per heavy atom. The molecule has 23 nitrogen and oxygen atoms in total. The first-order chi connectivity index (χ1) is 58.0. The molecule has 0 radical (unpaired) electrons. The third-order valence-corrected chi connectivity index (χ3v) is 28.4. The van der Waals surface area contributed by atoms with E-state index in [1.54, 1.807) is 37.8 Å². The van der Waals surface area contributed by atoms with Crippen LogP contribution in [-0.2, 0) is 57.0 Å². The maximum absolute atomic E-state index is 15.4. The van der Waals surface area contributed by atoms with Crippen LogP contribution in [0.5, 0.6) is 5.88 Å². The van der Waals surface area contributed by atoms with Crippen molar-refractivity contribution in [1.82, 2.24) is 73.9 Å². The van der Waals surface area contributed by atoms with Crippen LogP contribution in [0.4, 0.5) is 5.82 Å². The van der Waals surface area contributed by atoms with Crippen molar-refractivity contribution in [3.05, 3.63) is 214 Å². The summed E-state index contributed by atoms with van der Waals surface area (Å²) >= 11 is 0. The molecule has 3 aliphatic heterocycles. The monoisotopic (exact) mass is 1610 g/mol. The molecule has 7 aliphatic rings. The number of anilines is 1. The molecule has 0 bridgehead atoms. The van der Waals surface area contributed by atoms with Crippen LogP contribution in [0.25, 0.3) is 66.7 Å². The number of aromatic nitrogens is 12. The molecule has 12 aromatic rings. The van der Waals surface area contributed by atoms with Gasteiger partial charge in [0, 0.05) is 84.6 Å². The molecule has 23 heteroatoms. The maximum atomic E-state index is 15.4. The summed E-state index contributed by atoms with van der Waals surface area (Å²) < 4.78 is 32.3. The van der Waals surface area contributed by atoms with Gasteiger partial charge in [-0.15, -0.1) is 30.6 Å². The minimum atomic E-state index is -0.457. The van der Waals surface area contributed by atoms with Gasteiger partial charge in [0.15, 0.2) is 0 Å². The van der Waals surface area contributed by atoms with Gasteiger partial charge >= 0.3 is 0 Å². The molecule has 12 heterocycles. The Bertz CT molecular complexity index is 6090. The van der Waals surface area contributed by atoms with E-state index in [-0.39, 0.29) is 33.0 Å². The summed E-state index contributed by atoms with van der Waals surface area (Å²) in [5.74, 6) is 7.69. The average molecular weight is 1620 g/mol. The predicted molar refractivity (Wildman–Crippen MR) is 466 cm³/mol. The van der Waals surface area contributed by atoms with Gasteiger partial charge in [0.25, 0.3) is 0 Å². The van der Waals surface area contributed by atoms with Gasteiger partial charge in [0.1, 0.15) is 77.8 Å². The van der Waals surface area contributed by atoms with Gasteiger partial charge in [-0.1, -0.05) is 45.9 Å². The smallest absolute Gasteiger partial charge is 0.214 e. The van der Waals surface area contributed by atoms with Crippen LogP contribution >= 0.6 is 0 Å². The first kappa shape index (κ1) is 79.4. The van der Waals surface area contributed by atoms with Crippen molar-refractivity contribution in [2.24, 2.45) is 62.6 Å². The normalized spacial score (nSPS) is 25.4. The molecule has 4 aliphatic carbocycles. The highest BCUT2D eigenvalue weighted by atomic mass is 16.5. The molecule has 120 heavy (non-hydrogen) atoms. The number of benzene rings is 3. The topological polar surface area (TPSA) is 252 Å². The Morgan fingerprint density at radius 3 is 1.36 bits per heavy atom. The van der Waals surface area contributed by atoms with E-state index in [0.29, 0.717) is 146 Å². The molecule has 0 amide bonds. The molecule has 2 unspecified atom stereocenters. The lowest BCUT2D eigenvalue weighted by Crippen LogP contribution is -2.43. The summed E-state index contributed by atoms with van der Waals surface area (Å²) in [6.07, 6.45) is 26.4. The fraction of sp³-hybridized carbons (Fsp3) is 0.505. The summed E-state index contributed by atoms with van der Waals surface area (Å²) in [6.45, 7) is 26.7. The molecule has 0 spiro atoms. The highest BCUT2D eigenvalue weighted by molar-refractivity contribution is 5.87.